The molecule has 2 aromatic rings. The molecule has 32 heavy (non-hydrogen) atoms. The van der Waals surface area contributed by atoms with Crippen LogP contribution in [0, 0.1) is 0 Å². The quantitative estimate of drug-likeness (QED) is 0.287. The highest BCUT2D eigenvalue weighted by atomic mass is 127. The highest BCUT2D eigenvalue weighted by molar-refractivity contribution is 14.0. The molecule has 1 saturated heterocycles. The first-order valence-electron chi connectivity index (χ1n) is 11.1. The Hall–Kier alpha value is -2.00. The Kier molecular flexibility index (Phi) is 11.1. The number of nitrogens with zero attached hydrogens (tertiary/aromatic N) is 3. The van der Waals surface area contributed by atoms with Crippen molar-refractivity contribution in [2.24, 2.45) is 4.99 Å². The monoisotopic (exact) mass is 552 g/mol. The van der Waals surface area contributed by atoms with Gasteiger partial charge in [0.05, 0.1) is 20.3 Å². The molecule has 0 aromatic heterocycles. The minimum atomic E-state index is 0. The maximum atomic E-state index is 5.43. The molecule has 2 aromatic carbocycles. The smallest absolute Gasteiger partial charge is 0.193 e. The number of methoxy groups -OCH3 is 2. The average Bonchev–Trinajstić information content (AvgIpc) is 3.35. The molecular weight excluding hydrogens is 515 g/mol. The number of likely N-dealkylation sites (N-methyl/N-ethyl adjacent to an activating group) is 1. The fourth-order valence-electron chi connectivity index (χ4n) is 4.20. The van der Waals surface area contributed by atoms with Gasteiger partial charge in [0.15, 0.2) is 17.5 Å². The lowest BCUT2D eigenvalue weighted by atomic mass is 10.1. The summed E-state index contributed by atoms with van der Waals surface area (Å²) in [4.78, 5) is 9.29. The lowest BCUT2D eigenvalue weighted by molar-refractivity contribution is 0.244. The zero-order valence-corrected chi connectivity index (χ0v) is 22.0. The highest BCUT2D eigenvalue weighted by Crippen LogP contribution is 2.28. The van der Waals surface area contributed by atoms with Gasteiger partial charge in [-0.25, -0.2) is 0 Å². The predicted molar refractivity (Wildman–Crippen MR) is 143 cm³/mol. The molecule has 6 nitrogen and oxygen atoms in total. The number of hydrogen-bond donors (Lipinski definition) is 1. The molecule has 1 unspecified atom stereocenters. The highest BCUT2D eigenvalue weighted by Gasteiger charge is 2.23. The Morgan fingerprint density at radius 2 is 1.75 bits per heavy atom. The molecule has 3 rings (SSSR count). The second kappa shape index (κ2) is 13.5. The number of nitrogens with one attached hydrogen (secondary N) is 1. The SMILES string of the molecule is CN=C(NCC(c1ccccc1)N1CCCC1)N(C)CCc1ccc(OC)c(OC)c1.I. The van der Waals surface area contributed by atoms with Crippen LogP contribution in [0.1, 0.15) is 30.0 Å². The van der Waals surface area contributed by atoms with Crippen LogP contribution in [0.4, 0.5) is 0 Å². The van der Waals surface area contributed by atoms with Gasteiger partial charge in [-0.3, -0.25) is 9.89 Å². The molecule has 1 N–H and O–H groups in total. The summed E-state index contributed by atoms with van der Waals surface area (Å²) in [7, 11) is 7.26. The first-order valence-corrected chi connectivity index (χ1v) is 11.1. The van der Waals surface area contributed by atoms with E-state index in [0.717, 1.165) is 50.1 Å². The van der Waals surface area contributed by atoms with E-state index in [1.165, 1.54) is 24.0 Å². The van der Waals surface area contributed by atoms with Crippen molar-refractivity contribution < 1.29 is 9.47 Å². The van der Waals surface area contributed by atoms with Crippen LogP contribution in [0.3, 0.4) is 0 Å². The summed E-state index contributed by atoms with van der Waals surface area (Å²) in [5, 5.41) is 3.61. The first-order chi connectivity index (χ1) is 15.2. The average molecular weight is 553 g/mol. The van der Waals surface area contributed by atoms with Crippen LogP contribution in [0.15, 0.2) is 53.5 Å². The zero-order valence-electron chi connectivity index (χ0n) is 19.7. The number of rotatable bonds is 9. The van der Waals surface area contributed by atoms with E-state index in [1.807, 2.05) is 19.2 Å². The minimum absolute atomic E-state index is 0. The first kappa shape index (κ1) is 26.3. The molecule has 0 amide bonds. The number of likely N-dealkylation sites (tertiary alicyclic amines) is 1. The Labute approximate surface area is 210 Å². The Bertz CT molecular complexity index is 841. The lowest BCUT2D eigenvalue weighted by Gasteiger charge is -2.30. The van der Waals surface area contributed by atoms with Crippen molar-refractivity contribution in [2.45, 2.75) is 25.3 Å². The maximum absolute atomic E-state index is 5.43. The molecule has 0 bridgehead atoms. The van der Waals surface area contributed by atoms with E-state index in [1.54, 1.807) is 14.2 Å². The van der Waals surface area contributed by atoms with E-state index in [9.17, 15) is 0 Å². The molecule has 1 atom stereocenters. The van der Waals surface area contributed by atoms with Crippen LogP contribution in [0.5, 0.6) is 11.5 Å². The van der Waals surface area contributed by atoms with Crippen molar-refractivity contribution in [3.8, 4) is 11.5 Å². The zero-order chi connectivity index (χ0) is 22.1. The molecule has 1 fully saturated rings. The Morgan fingerprint density at radius 1 is 1.06 bits per heavy atom. The van der Waals surface area contributed by atoms with E-state index in [4.69, 9.17) is 9.47 Å². The van der Waals surface area contributed by atoms with Crippen LogP contribution < -0.4 is 14.8 Å². The number of ether oxygens (including phenoxy) is 2. The Balaban J connectivity index is 0.00000363. The standard InChI is InChI=1S/C25H36N4O2.HI/c1-26-25(28(2)17-14-20-12-13-23(30-3)24(18-20)31-4)27-19-22(29-15-8-9-16-29)21-10-6-5-7-11-21;/h5-7,10-13,18,22H,8-9,14-17,19H2,1-4H3,(H,26,27);1H. The second-order valence-electron chi connectivity index (χ2n) is 7.96. The second-order valence-corrected chi connectivity index (χ2v) is 7.96. The topological polar surface area (TPSA) is 49.3 Å². The van der Waals surface area contributed by atoms with Crippen LogP contribution in [0.2, 0.25) is 0 Å². The van der Waals surface area contributed by atoms with Gasteiger partial charge in [-0.1, -0.05) is 36.4 Å². The fraction of sp³-hybridized carbons (Fsp3) is 0.480. The van der Waals surface area contributed by atoms with Crippen molar-refractivity contribution in [1.82, 2.24) is 15.1 Å². The molecule has 0 radical (unpaired) electrons. The van der Waals surface area contributed by atoms with Crippen LogP contribution in [-0.4, -0.2) is 70.3 Å². The summed E-state index contributed by atoms with van der Waals surface area (Å²) in [5.74, 6) is 2.44. The number of benzene rings is 2. The van der Waals surface area contributed by atoms with Gasteiger partial charge in [0, 0.05) is 27.2 Å². The van der Waals surface area contributed by atoms with Gasteiger partial charge in [-0.15, -0.1) is 24.0 Å². The molecule has 176 valence electrons. The summed E-state index contributed by atoms with van der Waals surface area (Å²) in [5.41, 5.74) is 2.57. The van der Waals surface area contributed by atoms with E-state index in [0.29, 0.717) is 6.04 Å². The number of guanidine groups is 1. The van der Waals surface area contributed by atoms with Gasteiger partial charge in [0.2, 0.25) is 0 Å². The van der Waals surface area contributed by atoms with Crippen molar-refractivity contribution in [2.75, 3.05) is 54.5 Å². The van der Waals surface area contributed by atoms with E-state index in [-0.39, 0.29) is 24.0 Å². The van der Waals surface area contributed by atoms with E-state index < -0.39 is 0 Å². The Morgan fingerprint density at radius 3 is 2.38 bits per heavy atom. The summed E-state index contributed by atoms with van der Waals surface area (Å²) in [6.45, 7) is 4.02. The molecule has 7 heteroatoms. The maximum Gasteiger partial charge on any atom is 0.193 e. The minimum Gasteiger partial charge on any atom is -0.493 e. The third kappa shape index (κ3) is 7.00. The van der Waals surface area contributed by atoms with Gasteiger partial charge >= 0.3 is 0 Å². The van der Waals surface area contributed by atoms with Crippen molar-refractivity contribution in [3.63, 3.8) is 0 Å². The van der Waals surface area contributed by atoms with Gasteiger partial charge in [-0.2, -0.15) is 0 Å². The van der Waals surface area contributed by atoms with Gasteiger partial charge in [0.1, 0.15) is 0 Å². The summed E-state index contributed by atoms with van der Waals surface area (Å²) < 4.78 is 10.8. The number of hydrogen-bond acceptors (Lipinski definition) is 4. The summed E-state index contributed by atoms with van der Waals surface area (Å²) >= 11 is 0. The van der Waals surface area contributed by atoms with Crippen molar-refractivity contribution in [3.05, 3.63) is 59.7 Å². The molecule has 0 spiro atoms. The van der Waals surface area contributed by atoms with Crippen molar-refractivity contribution in [1.29, 1.82) is 0 Å². The molecule has 0 saturated carbocycles. The van der Waals surface area contributed by atoms with Crippen LogP contribution >= 0.6 is 24.0 Å². The van der Waals surface area contributed by atoms with Gasteiger partial charge in [-0.05, 0) is 55.6 Å². The molecule has 0 aliphatic carbocycles. The molecule has 1 aliphatic heterocycles. The van der Waals surface area contributed by atoms with Crippen molar-refractivity contribution >= 4 is 29.9 Å². The normalized spacial score (nSPS) is 15.1. The molecule has 1 aliphatic rings. The largest absolute Gasteiger partial charge is 0.493 e. The van der Waals surface area contributed by atoms with Crippen LogP contribution in [-0.2, 0) is 6.42 Å². The van der Waals surface area contributed by atoms with E-state index in [2.05, 4.69) is 63.6 Å². The summed E-state index contributed by atoms with van der Waals surface area (Å²) in [6, 6.07) is 17.2. The number of aliphatic imine (C=N–C) groups is 1. The predicted octanol–water partition coefficient (Wildman–Crippen LogP) is 4.21. The lowest BCUT2D eigenvalue weighted by Crippen LogP contribution is -2.44. The summed E-state index contributed by atoms with van der Waals surface area (Å²) in [6.07, 6.45) is 3.46. The number of halogens is 1. The third-order valence-electron chi connectivity index (χ3n) is 5.98. The molecule has 1 heterocycles. The van der Waals surface area contributed by atoms with Gasteiger partial charge in [0.25, 0.3) is 0 Å². The third-order valence-corrected chi connectivity index (χ3v) is 5.98. The van der Waals surface area contributed by atoms with Gasteiger partial charge < -0.3 is 19.7 Å². The molecular formula is C25H37IN4O2. The van der Waals surface area contributed by atoms with E-state index >= 15 is 0 Å². The fourth-order valence-corrected chi connectivity index (χ4v) is 4.20. The van der Waals surface area contributed by atoms with Crippen LogP contribution in [0.25, 0.3) is 0 Å².